The van der Waals surface area contributed by atoms with Crippen molar-refractivity contribution >= 4 is 34.2 Å². The van der Waals surface area contributed by atoms with E-state index in [9.17, 15) is 18.0 Å². The molecule has 1 amide bonds. The van der Waals surface area contributed by atoms with Gasteiger partial charge in [0.15, 0.2) is 16.7 Å². The van der Waals surface area contributed by atoms with E-state index in [0.717, 1.165) is 31.0 Å². The molecule has 0 bridgehead atoms. The van der Waals surface area contributed by atoms with E-state index in [1.54, 1.807) is 30.2 Å². The fraction of sp³-hybridized carbons (Fsp3) is 0.310. The molecule has 3 aromatic rings. The molecule has 0 saturated carbocycles. The SMILES string of the molecule is CCCCCN(C(=O)CNC(=Nc1ccc(F)cc1)SCc1c(F)cccc1F)c1ccc(OC)c(OC)c1. The number of anilines is 1. The third-order valence-electron chi connectivity index (χ3n) is 5.83. The van der Waals surface area contributed by atoms with Crippen molar-refractivity contribution in [2.45, 2.75) is 31.9 Å². The quantitative estimate of drug-likeness (QED) is 0.149. The summed E-state index contributed by atoms with van der Waals surface area (Å²) < 4.78 is 52.5. The van der Waals surface area contributed by atoms with Crippen LogP contribution in [0.5, 0.6) is 11.5 Å². The highest BCUT2D eigenvalue weighted by Gasteiger charge is 2.19. The number of thioether (sulfide) groups is 1. The Morgan fingerprint density at radius 1 is 0.949 bits per heavy atom. The Hall–Kier alpha value is -3.66. The minimum atomic E-state index is -0.671. The molecule has 3 rings (SSSR count). The number of hydrogen-bond acceptors (Lipinski definition) is 5. The van der Waals surface area contributed by atoms with Crippen molar-refractivity contribution in [3.05, 3.63) is 83.7 Å². The Labute approximate surface area is 231 Å². The first-order chi connectivity index (χ1) is 18.9. The minimum Gasteiger partial charge on any atom is -0.493 e. The van der Waals surface area contributed by atoms with Gasteiger partial charge in [0, 0.05) is 29.6 Å². The van der Waals surface area contributed by atoms with Crippen molar-refractivity contribution in [3.63, 3.8) is 0 Å². The van der Waals surface area contributed by atoms with Crippen LogP contribution in [-0.4, -0.2) is 38.4 Å². The highest BCUT2D eigenvalue weighted by Crippen LogP contribution is 2.32. The van der Waals surface area contributed by atoms with Crippen LogP contribution in [0.3, 0.4) is 0 Å². The second-order valence-electron chi connectivity index (χ2n) is 8.53. The number of benzene rings is 3. The first-order valence-corrected chi connectivity index (χ1v) is 13.5. The third-order valence-corrected chi connectivity index (χ3v) is 6.77. The standard InChI is InChI=1S/C29H32F3N3O3S/c1-4-5-6-16-35(22-14-15-26(37-2)27(17-22)38-3)28(36)18-33-29(34-21-12-10-20(30)11-13-21)39-19-23-24(31)8-7-9-25(23)32/h7-15,17H,4-6,16,18-19H2,1-3H3,(H,33,34). The number of unbranched alkanes of at least 4 members (excludes halogenated alkanes) is 2. The molecule has 39 heavy (non-hydrogen) atoms. The van der Waals surface area contributed by atoms with Crippen molar-refractivity contribution in [3.8, 4) is 11.5 Å². The second-order valence-corrected chi connectivity index (χ2v) is 9.49. The van der Waals surface area contributed by atoms with Gasteiger partial charge in [-0.25, -0.2) is 18.2 Å². The Bertz CT molecular complexity index is 1250. The summed E-state index contributed by atoms with van der Waals surface area (Å²) in [4.78, 5) is 19.5. The van der Waals surface area contributed by atoms with Gasteiger partial charge in [0.1, 0.15) is 17.5 Å². The van der Waals surface area contributed by atoms with Crippen molar-refractivity contribution in [1.82, 2.24) is 5.32 Å². The van der Waals surface area contributed by atoms with Gasteiger partial charge in [-0.05, 0) is 55.0 Å². The third kappa shape index (κ3) is 8.68. The molecule has 0 heterocycles. The van der Waals surface area contributed by atoms with E-state index in [1.165, 1.54) is 49.6 Å². The number of hydrogen-bond donors (Lipinski definition) is 1. The van der Waals surface area contributed by atoms with Crippen LogP contribution in [0.15, 0.2) is 65.7 Å². The minimum absolute atomic E-state index is 0.0599. The lowest BCUT2D eigenvalue weighted by Gasteiger charge is -2.24. The van der Waals surface area contributed by atoms with E-state index < -0.39 is 17.5 Å². The van der Waals surface area contributed by atoms with Crippen molar-refractivity contribution in [2.24, 2.45) is 4.99 Å². The predicted octanol–water partition coefficient (Wildman–Crippen LogP) is 6.86. The Balaban J connectivity index is 1.82. The van der Waals surface area contributed by atoms with Gasteiger partial charge in [-0.3, -0.25) is 4.79 Å². The zero-order chi connectivity index (χ0) is 28.2. The molecule has 0 radical (unpaired) electrons. The molecular formula is C29H32F3N3O3S. The maximum atomic E-state index is 14.2. The van der Waals surface area contributed by atoms with Crippen LogP contribution in [0.1, 0.15) is 31.7 Å². The molecule has 1 N–H and O–H groups in total. The van der Waals surface area contributed by atoms with Crippen LogP contribution >= 0.6 is 11.8 Å². The Kier molecular flexibility index (Phi) is 11.5. The van der Waals surface area contributed by atoms with Crippen LogP contribution in [-0.2, 0) is 10.5 Å². The van der Waals surface area contributed by atoms with Crippen LogP contribution in [0.25, 0.3) is 0 Å². The van der Waals surface area contributed by atoms with Gasteiger partial charge in [-0.1, -0.05) is 37.6 Å². The summed E-state index contributed by atoms with van der Waals surface area (Å²) in [5.74, 6) is -1.01. The topological polar surface area (TPSA) is 63.2 Å². The lowest BCUT2D eigenvalue weighted by molar-refractivity contribution is -0.117. The normalized spacial score (nSPS) is 11.3. The molecule has 10 heteroatoms. The number of amidine groups is 1. The van der Waals surface area contributed by atoms with E-state index in [4.69, 9.17) is 9.47 Å². The molecule has 0 aliphatic rings. The summed E-state index contributed by atoms with van der Waals surface area (Å²) in [6.07, 6.45) is 2.74. The van der Waals surface area contributed by atoms with Gasteiger partial charge in [0.05, 0.1) is 26.5 Å². The number of carbonyl (C=O) groups is 1. The van der Waals surface area contributed by atoms with Crippen molar-refractivity contribution in [2.75, 3.05) is 32.2 Å². The number of halogens is 3. The highest BCUT2D eigenvalue weighted by molar-refractivity contribution is 8.13. The summed E-state index contributed by atoms with van der Waals surface area (Å²) in [7, 11) is 3.07. The van der Waals surface area contributed by atoms with Crippen LogP contribution in [0, 0.1) is 17.5 Å². The van der Waals surface area contributed by atoms with E-state index in [-0.39, 0.29) is 28.9 Å². The zero-order valence-corrected chi connectivity index (χ0v) is 23.0. The van der Waals surface area contributed by atoms with Crippen molar-refractivity contribution in [1.29, 1.82) is 0 Å². The molecule has 0 aromatic heterocycles. The number of aliphatic imine (C=N–C) groups is 1. The summed E-state index contributed by atoms with van der Waals surface area (Å²) in [5, 5.41) is 3.27. The second kappa shape index (κ2) is 15.1. The van der Waals surface area contributed by atoms with Gasteiger partial charge in [-0.2, -0.15) is 0 Å². The highest BCUT2D eigenvalue weighted by atomic mass is 32.2. The number of ether oxygens (including phenoxy) is 2. The number of methoxy groups -OCH3 is 2. The number of carbonyl (C=O) groups excluding carboxylic acids is 1. The first kappa shape index (κ1) is 29.9. The van der Waals surface area contributed by atoms with Gasteiger partial charge in [-0.15, -0.1) is 0 Å². The maximum absolute atomic E-state index is 14.2. The monoisotopic (exact) mass is 559 g/mol. The summed E-state index contributed by atoms with van der Waals surface area (Å²) in [6, 6.07) is 14.4. The van der Waals surface area contributed by atoms with Gasteiger partial charge in [0.2, 0.25) is 5.91 Å². The lowest BCUT2D eigenvalue weighted by atomic mass is 10.2. The molecule has 208 valence electrons. The van der Waals surface area contributed by atoms with Gasteiger partial charge < -0.3 is 19.7 Å². The van der Waals surface area contributed by atoms with E-state index in [2.05, 4.69) is 17.2 Å². The molecule has 0 aliphatic heterocycles. The van der Waals surface area contributed by atoms with Crippen LogP contribution < -0.4 is 19.7 Å². The van der Waals surface area contributed by atoms with Crippen LogP contribution in [0.4, 0.5) is 24.5 Å². The largest absolute Gasteiger partial charge is 0.493 e. The molecule has 0 aliphatic carbocycles. The average Bonchev–Trinajstić information content (AvgIpc) is 2.94. The first-order valence-electron chi connectivity index (χ1n) is 12.5. The smallest absolute Gasteiger partial charge is 0.246 e. The number of nitrogens with zero attached hydrogens (tertiary/aromatic N) is 2. The molecule has 0 saturated heterocycles. The molecule has 0 spiro atoms. The number of nitrogens with one attached hydrogen (secondary N) is 1. The average molecular weight is 560 g/mol. The molecule has 0 atom stereocenters. The number of amides is 1. The van der Waals surface area contributed by atoms with Gasteiger partial charge in [0.25, 0.3) is 0 Å². The molecular weight excluding hydrogens is 527 g/mol. The summed E-state index contributed by atoms with van der Waals surface area (Å²) in [6.45, 7) is 2.44. The van der Waals surface area contributed by atoms with Crippen molar-refractivity contribution < 1.29 is 27.4 Å². The van der Waals surface area contributed by atoms with Crippen LogP contribution in [0.2, 0.25) is 0 Å². The number of rotatable bonds is 12. The molecule has 0 fully saturated rings. The fourth-order valence-electron chi connectivity index (χ4n) is 3.72. The predicted molar refractivity (Wildman–Crippen MR) is 151 cm³/mol. The molecule has 3 aromatic carbocycles. The fourth-order valence-corrected chi connectivity index (χ4v) is 4.62. The zero-order valence-electron chi connectivity index (χ0n) is 22.2. The van der Waals surface area contributed by atoms with E-state index >= 15 is 0 Å². The summed E-state index contributed by atoms with van der Waals surface area (Å²) in [5.41, 5.74) is 0.968. The molecule has 6 nitrogen and oxygen atoms in total. The van der Waals surface area contributed by atoms with E-state index in [1.807, 2.05) is 0 Å². The molecule has 0 unspecified atom stereocenters. The summed E-state index contributed by atoms with van der Waals surface area (Å²) >= 11 is 1.04. The maximum Gasteiger partial charge on any atom is 0.246 e. The lowest BCUT2D eigenvalue weighted by Crippen LogP contribution is -2.40. The Morgan fingerprint density at radius 3 is 2.28 bits per heavy atom. The van der Waals surface area contributed by atoms with Gasteiger partial charge >= 0.3 is 0 Å². The Morgan fingerprint density at radius 2 is 1.64 bits per heavy atom. The van der Waals surface area contributed by atoms with E-state index in [0.29, 0.717) is 29.4 Å².